The van der Waals surface area contributed by atoms with E-state index in [-0.39, 0.29) is 24.2 Å². The first-order chi connectivity index (χ1) is 13.6. The molecule has 0 spiro atoms. The van der Waals surface area contributed by atoms with E-state index in [1.807, 2.05) is 54.8 Å². The number of halogens is 1. The van der Waals surface area contributed by atoms with Crippen LogP contribution in [0.5, 0.6) is 0 Å². The Morgan fingerprint density at radius 2 is 1.82 bits per heavy atom. The predicted octanol–water partition coefficient (Wildman–Crippen LogP) is 3.77. The Hall–Kier alpha value is -1.89. The van der Waals surface area contributed by atoms with Gasteiger partial charge in [0.1, 0.15) is 5.88 Å². The van der Waals surface area contributed by atoms with Crippen LogP contribution in [0.25, 0.3) is 0 Å². The first kappa shape index (κ1) is 22.4. The molecule has 0 atom stereocenters. The van der Waals surface area contributed by atoms with Gasteiger partial charge in [0.25, 0.3) is 0 Å². The second kappa shape index (κ2) is 12.5. The first-order valence-electron chi connectivity index (χ1n) is 9.39. The molecular weight excluding hydrogens is 396 g/mol. The van der Waals surface area contributed by atoms with E-state index in [0.29, 0.717) is 39.3 Å². The van der Waals surface area contributed by atoms with E-state index in [0.717, 1.165) is 10.4 Å². The number of hydrogen-bond acceptors (Lipinski definition) is 4. The smallest absolute Gasteiger partial charge is 0.242 e. The number of amides is 2. The third kappa shape index (κ3) is 7.62. The third-order valence-corrected chi connectivity index (χ3v) is 5.30. The zero-order valence-corrected chi connectivity index (χ0v) is 17.8. The Morgan fingerprint density at radius 3 is 2.46 bits per heavy atom. The second-order valence-corrected chi connectivity index (χ2v) is 7.61. The molecule has 28 heavy (non-hydrogen) atoms. The number of rotatable bonds is 12. The molecule has 0 saturated heterocycles. The fourth-order valence-corrected chi connectivity index (χ4v) is 3.66. The van der Waals surface area contributed by atoms with Gasteiger partial charge in [-0.3, -0.25) is 9.59 Å². The third-order valence-electron chi connectivity index (χ3n) is 4.21. The van der Waals surface area contributed by atoms with E-state index in [1.165, 1.54) is 4.90 Å². The average Bonchev–Trinajstić information content (AvgIpc) is 3.23. The van der Waals surface area contributed by atoms with Crippen LogP contribution in [0.3, 0.4) is 0 Å². The SMILES string of the molecule is CCOCCCN(CC(=O)N(Cc1ccccc1)Cc1cccs1)C(=O)CCl. The highest BCUT2D eigenvalue weighted by molar-refractivity contribution is 7.09. The normalized spacial score (nSPS) is 10.6. The molecule has 2 rings (SSSR count). The minimum absolute atomic E-state index is 0.0237. The minimum atomic E-state index is -0.234. The van der Waals surface area contributed by atoms with Crippen molar-refractivity contribution in [1.29, 1.82) is 0 Å². The fraction of sp³-hybridized carbons (Fsp3) is 0.429. The highest BCUT2D eigenvalue weighted by atomic mass is 35.5. The number of alkyl halides is 1. The van der Waals surface area contributed by atoms with Crippen LogP contribution < -0.4 is 0 Å². The summed E-state index contributed by atoms with van der Waals surface area (Å²) >= 11 is 7.37. The maximum absolute atomic E-state index is 13.1. The predicted molar refractivity (Wildman–Crippen MR) is 113 cm³/mol. The van der Waals surface area contributed by atoms with Gasteiger partial charge >= 0.3 is 0 Å². The molecule has 0 saturated carbocycles. The Labute approximate surface area is 175 Å². The molecule has 0 radical (unpaired) electrons. The van der Waals surface area contributed by atoms with Crippen molar-refractivity contribution >= 4 is 34.8 Å². The van der Waals surface area contributed by atoms with Crippen LogP contribution in [0.4, 0.5) is 0 Å². The van der Waals surface area contributed by atoms with Crippen molar-refractivity contribution in [3.8, 4) is 0 Å². The molecule has 0 aliphatic heterocycles. The Balaban J connectivity index is 2.06. The summed E-state index contributed by atoms with van der Waals surface area (Å²) in [6.07, 6.45) is 0.674. The van der Waals surface area contributed by atoms with Gasteiger partial charge in [0.05, 0.1) is 13.1 Å². The second-order valence-electron chi connectivity index (χ2n) is 6.31. The molecule has 2 aromatic rings. The summed E-state index contributed by atoms with van der Waals surface area (Å²) in [5, 5.41) is 2.00. The van der Waals surface area contributed by atoms with Gasteiger partial charge in [0.15, 0.2) is 0 Å². The summed E-state index contributed by atoms with van der Waals surface area (Å²) in [6, 6.07) is 13.9. The molecule has 7 heteroatoms. The van der Waals surface area contributed by atoms with Crippen LogP contribution in [-0.2, 0) is 27.4 Å². The standard InChI is InChI=1S/C21H27ClN2O3S/c1-2-27-12-7-11-23(20(25)14-22)17-21(26)24(16-19-10-6-13-28-19)15-18-8-4-3-5-9-18/h3-6,8-10,13H,2,7,11-12,14-17H2,1H3. The molecule has 2 amide bonds. The molecule has 0 aliphatic rings. The number of hydrogen-bond donors (Lipinski definition) is 0. The van der Waals surface area contributed by atoms with Gasteiger partial charge < -0.3 is 14.5 Å². The zero-order chi connectivity index (χ0) is 20.2. The Bertz CT molecular complexity index is 710. The van der Waals surface area contributed by atoms with Gasteiger partial charge in [-0.05, 0) is 30.4 Å². The van der Waals surface area contributed by atoms with Crippen molar-refractivity contribution in [3.63, 3.8) is 0 Å². The number of benzene rings is 1. The zero-order valence-electron chi connectivity index (χ0n) is 16.2. The molecule has 0 fully saturated rings. The molecule has 0 aliphatic carbocycles. The maximum Gasteiger partial charge on any atom is 0.242 e. The van der Waals surface area contributed by atoms with E-state index < -0.39 is 0 Å². The Kier molecular flexibility index (Phi) is 10.0. The van der Waals surface area contributed by atoms with Crippen LogP contribution in [0.2, 0.25) is 0 Å². The van der Waals surface area contributed by atoms with Crippen LogP contribution >= 0.6 is 22.9 Å². The van der Waals surface area contributed by atoms with Gasteiger partial charge in [-0.15, -0.1) is 22.9 Å². The number of carbonyl (C=O) groups is 2. The number of ether oxygens (including phenoxy) is 1. The van der Waals surface area contributed by atoms with Crippen molar-refractivity contribution in [2.75, 3.05) is 32.2 Å². The van der Waals surface area contributed by atoms with E-state index in [2.05, 4.69) is 0 Å². The van der Waals surface area contributed by atoms with Crippen LogP contribution in [0, 0.1) is 0 Å². The quantitative estimate of drug-likeness (QED) is 0.386. The molecule has 0 N–H and O–H groups in total. The summed E-state index contributed by atoms with van der Waals surface area (Å²) in [4.78, 5) is 29.7. The van der Waals surface area contributed by atoms with Crippen molar-refractivity contribution in [2.24, 2.45) is 0 Å². The highest BCUT2D eigenvalue weighted by Gasteiger charge is 2.21. The minimum Gasteiger partial charge on any atom is -0.382 e. The number of carbonyl (C=O) groups excluding carboxylic acids is 2. The molecule has 152 valence electrons. The molecule has 5 nitrogen and oxygen atoms in total. The van der Waals surface area contributed by atoms with Crippen LogP contribution in [0.1, 0.15) is 23.8 Å². The summed E-state index contributed by atoms with van der Waals surface area (Å²) in [6.45, 7) is 4.61. The molecule has 1 aromatic carbocycles. The molecular formula is C21H27ClN2O3S. The van der Waals surface area contributed by atoms with Gasteiger partial charge in [0, 0.05) is 31.2 Å². The van der Waals surface area contributed by atoms with Gasteiger partial charge in [0.2, 0.25) is 11.8 Å². The number of nitrogens with zero attached hydrogens (tertiary/aromatic N) is 2. The Morgan fingerprint density at radius 1 is 1.04 bits per heavy atom. The first-order valence-corrected chi connectivity index (χ1v) is 10.8. The van der Waals surface area contributed by atoms with Crippen molar-refractivity contribution in [1.82, 2.24) is 9.80 Å². The van der Waals surface area contributed by atoms with Crippen molar-refractivity contribution in [2.45, 2.75) is 26.4 Å². The van der Waals surface area contributed by atoms with Crippen LogP contribution in [-0.4, -0.2) is 53.8 Å². The van der Waals surface area contributed by atoms with Gasteiger partial charge in [-0.2, -0.15) is 0 Å². The van der Waals surface area contributed by atoms with E-state index in [4.69, 9.17) is 16.3 Å². The summed E-state index contributed by atoms with van der Waals surface area (Å²) in [7, 11) is 0. The topological polar surface area (TPSA) is 49.9 Å². The fourth-order valence-electron chi connectivity index (χ4n) is 2.77. The lowest BCUT2D eigenvalue weighted by Gasteiger charge is -2.27. The van der Waals surface area contributed by atoms with Crippen molar-refractivity contribution < 1.29 is 14.3 Å². The van der Waals surface area contributed by atoms with Gasteiger partial charge in [-0.1, -0.05) is 36.4 Å². The number of thiophene rings is 1. The van der Waals surface area contributed by atoms with Crippen molar-refractivity contribution in [3.05, 3.63) is 58.3 Å². The summed E-state index contributed by atoms with van der Waals surface area (Å²) in [5.41, 5.74) is 1.05. The highest BCUT2D eigenvalue weighted by Crippen LogP contribution is 2.15. The lowest BCUT2D eigenvalue weighted by atomic mass is 10.2. The summed E-state index contributed by atoms with van der Waals surface area (Å²) < 4.78 is 5.33. The van der Waals surface area contributed by atoms with E-state index in [9.17, 15) is 9.59 Å². The monoisotopic (exact) mass is 422 g/mol. The van der Waals surface area contributed by atoms with E-state index >= 15 is 0 Å². The molecule has 0 unspecified atom stereocenters. The summed E-state index contributed by atoms with van der Waals surface area (Å²) in [5.74, 6) is -0.458. The maximum atomic E-state index is 13.1. The average molecular weight is 423 g/mol. The molecule has 0 bridgehead atoms. The lowest BCUT2D eigenvalue weighted by molar-refractivity contribution is -0.140. The van der Waals surface area contributed by atoms with E-state index in [1.54, 1.807) is 16.2 Å². The molecule has 1 aromatic heterocycles. The van der Waals surface area contributed by atoms with Gasteiger partial charge in [-0.25, -0.2) is 0 Å². The van der Waals surface area contributed by atoms with Crippen LogP contribution in [0.15, 0.2) is 47.8 Å². The lowest BCUT2D eigenvalue weighted by Crippen LogP contribution is -2.43. The largest absolute Gasteiger partial charge is 0.382 e. The molecule has 1 heterocycles.